The lowest BCUT2D eigenvalue weighted by Gasteiger charge is -2.15. The van der Waals surface area contributed by atoms with E-state index < -0.39 is 0 Å². The molecule has 0 saturated heterocycles. The van der Waals surface area contributed by atoms with Gasteiger partial charge in [-0.05, 0) is 37.6 Å². The van der Waals surface area contributed by atoms with Gasteiger partial charge in [0.1, 0.15) is 18.7 Å². The largest absolute Gasteiger partial charge is 0.491 e. The van der Waals surface area contributed by atoms with E-state index in [4.69, 9.17) is 9.47 Å². The van der Waals surface area contributed by atoms with Crippen molar-refractivity contribution in [2.75, 3.05) is 26.9 Å². The molecule has 0 atom stereocenters. The molecule has 1 heterocycles. The second-order valence-electron chi connectivity index (χ2n) is 6.89. The van der Waals surface area contributed by atoms with Crippen molar-refractivity contribution < 1.29 is 9.47 Å². The molecule has 3 aromatic rings. The van der Waals surface area contributed by atoms with E-state index in [2.05, 4.69) is 44.9 Å². The van der Waals surface area contributed by atoms with Crippen molar-refractivity contribution in [3.8, 4) is 11.4 Å². The van der Waals surface area contributed by atoms with Crippen LogP contribution in [0.25, 0.3) is 5.69 Å². The van der Waals surface area contributed by atoms with E-state index in [1.54, 1.807) is 13.4 Å². The summed E-state index contributed by atoms with van der Waals surface area (Å²) in [5, 5.41) is 14.9. The van der Waals surface area contributed by atoms with Gasteiger partial charge in [0.05, 0.1) is 13.2 Å². The van der Waals surface area contributed by atoms with Crippen LogP contribution in [0.15, 0.2) is 59.9 Å². The van der Waals surface area contributed by atoms with Gasteiger partial charge in [-0.25, -0.2) is 0 Å². The summed E-state index contributed by atoms with van der Waals surface area (Å²) in [6, 6.07) is 16.2. The number of aromatic nitrogens is 3. The third-order valence-corrected chi connectivity index (χ3v) is 4.65. The average molecular weight is 550 g/mol. The first kappa shape index (κ1) is 25.6. The molecule has 0 saturated carbocycles. The molecular formula is C23H31IN6O2. The predicted octanol–water partition coefficient (Wildman–Crippen LogP) is 3.47. The van der Waals surface area contributed by atoms with E-state index in [1.165, 1.54) is 0 Å². The summed E-state index contributed by atoms with van der Waals surface area (Å²) in [4.78, 5) is 4.31. The van der Waals surface area contributed by atoms with Crippen LogP contribution < -0.4 is 15.4 Å². The molecule has 0 radical (unpaired) electrons. The molecule has 0 aliphatic carbocycles. The van der Waals surface area contributed by atoms with Crippen LogP contribution >= 0.6 is 24.0 Å². The van der Waals surface area contributed by atoms with Gasteiger partial charge in [0, 0.05) is 31.5 Å². The molecule has 0 bridgehead atoms. The van der Waals surface area contributed by atoms with Crippen molar-refractivity contribution in [3.63, 3.8) is 0 Å². The molecule has 0 aliphatic rings. The standard InChI is InChI=1S/C23H30N6O2.HI/c1-4-30-12-13-31-21-14-18(2)10-11-19(21)15-25-23(24-3)26-16-22-28-27-17-29(22)20-8-6-5-7-9-20;/h5-11,14,17H,4,12-13,15-16H2,1-3H3,(H2,24,25,26);1H. The Bertz CT molecular complexity index is 978. The number of rotatable bonds is 10. The van der Waals surface area contributed by atoms with E-state index in [1.807, 2.05) is 47.9 Å². The Labute approximate surface area is 206 Å². The monoisotopic (exact) mass is 550 g/mol. The Kier molecular flexibility index (Phi) is 10.9. The number of ether oxygens (including phenoxy) is 2. The average Bonchev–Trinajstić information content (AvgIpc) is 3.27. The number of hydrogen-bond donors (Lipinski definition) is 2. The molecule has 3 rings (SSSR count). The number of hydrogen-bond acceptors (Lipinski definition) is 5. The first-order valence-electron chi connectivity index (χ1n) is 10.4. The molecule has 0 amide bonds. The van der Waals surface area contributed by atoms with Gasteiger partial charge in [0.2, 0.25) is 0 Å². The van der Waals surface area contributed by atoms with Crippen molar-refractivity contribution in [1.82, 2.24) is 25.4 Å². The van der Waals surface area contributed by atoms with Crippen molar-refractivity contribution in [2.24, 2.45) is 4.99 Å². The number of para-hydroxylation sites is 1. The van der Waals surface area contributed by atoms with Gasteiger partial charge in [-0.1, -0.05) is 30.3 Å². The Hall–Kier alpha value is -2.66. The lowest BCUT2D eigenvalue weighted by molar-refractivity contribution is 0.110. The maximum absolute atomic E-state index is 5.92. The summed E-state index contributed by atoms with van der Waals surface area (Å²) >= 11 is 0. The van der Waals surface area contributed by atoms with E-state index in [-0.39, 0.29) is 24.0 Å². The van der Waals surface area contributed by atoms with Crippen molar-refractivity contribution in [3.05, 3.63) is 71.8 Å². The minimum absolute atomic E-state index is 0. The zero-order valence-corrected chi connectivity index (χ0v) is 21.1. The van der Waals surface area contributed by atoms with Crippen LogP contribution in [0.5, 0.6) is 5.75 Å². The lowest BCUT2D eigenvalue weighted by atomic mass is 10.1. The number of halogens is 1. The second kappa shape index (κ2) is 13.7. The molecular weight excluding hydrogens is 519 g/mol. The first-order chi connectivity index (χ1) is 15.2. The molecule has 0 fully saturated rings. The third-order valence-electron chi connectivity index (χ3n) is 4.65. The van der Waals surface area contributed by atoms with Crippen molar-refractivity contribution in [2.45, 2.75) is 26.9 Å². The van der Waals surface area contributed by atoms with Crippen LogP contribution in [0.3, 0.4) is 0 Å². The van der Waals surface area contributed by atoms with Crippen LogP contribution in [-0.2, 0) is 17.8 Å². The zero-order valence-electron chi connectivity index (χ0n) is 18.7. The summed E-state index contributed by atoms with van der Waals surface area (Å²) in [6.45, 7) is 6.87. The maximum Gasteiger partial charge on any atom is 0.191 e. The predicted molar refractivity (Wildman–Crippen MR) is 137 cm³/mol. The summed E-state index contributed by atoms with van der Waals surface area (Å²) in [6.07, 6.45) is 1.71. The van der Waals surface area contributed by atoms with Gasteiger partial charge in [-0.15, -0.1) is 34.2 Å². The topological polar surface area (TPSA) is 85.6 Å². The highest BCUT2D eigenvalue weighted by atomic mass is 127. The Morgan fingerprint density at radius 3 is 2.59 bits per heavy atom. The fourth-order valence-electron chi connectivity index (χ4n) is 3.04. The van der Waals surface area contributed by atoms with Gasteiger partial charge in [0.25, 0.3) is 0 Å². The highest BCUT2D eigenvalue weighted by Gasteiger charge is 2.09. The number of nitrogens with zero attached hydrogens (tertiary/aromatic N) is 4. The minimum Gasteiger partial charge on any atom is -0.491 e. The van der Waals surface area contributed by atoms with Crippen LogP contribution in [-0.4, -0.2) is 47.6 Å². The Balaban J connectivity index is 0.00000363. The van der Waals surface area contributed by atoms with Gasteiger partial charge >= 0.3 is 0 Å². The van der Waals surface area contributed by atoms with Crippen LogP contribution in [0.4, 0.5) is 0 Å². The van der Waals surface area contributed by atoms with Crippen LogP contribution in [0.1, 0.15) is 23.9 Å². The first-order valence-corrected chi connectivity index (χ1v) is 10.4. The normalized spacial score (nSPS) is 11.0. The second-order valence-corrected chi connectivity index (χ2v) is 6.89. The van der Waals surface area contributed by atoms with E-state index in [9.17, 15) is 0 Å². The van der Waals surface area contributed by atoms with Gasteiger partial charge < -0.3 is 20.1 Å². The fourth-order valence-corrected chi connectivity index (χ4v) is 3.04. The van der Waals surface area contributed by atoms with E-state index >= 15 is 0 Å². The van der Waals surface area contributed by atoms with Crippen molar-refractivity contribution >= 4 is 29.9 Å². The smallest absolute Gasteiger partial charge is 0.191 e. The molecule has 0 spiro atoms. The summed E-state index contributed by atoms with van der Waals surface area (Å²) in [5.41, 5.74) is 3.22. The van der Waals surface area contributed by atoms with Crippen LogP contribution in [0.2, 0.25) is 0 Å². The molecule has 9 heteroatoms. The molecule has 8 nitrogen and oxygen atoms in total. The summed E-state index contributed by atoms with van der Waals surface area (Å²) in [5.74, 6) is 2.32. The highest BCUT2D eigenvalue weighted by molar-refractivity contribution is 14.0. The van der Waals surface area contributed by atoms with Crippen molar-refractivity contribution in [1.29, 1.82) is 0 Å². The number of guanidine groups is 1. The third kappa shape index (κ3) is 7.49. The fraction of sp³-hybridized carbons (Fsp3) is 0.348. The SMILES string of the molecule is CCOCCOc1cc(C)ccc1CNC(=NC)NCc1nncn1-c1ccccc1.I. The molecule has 0 unspecified atom stereocenters. The van der Waals surface area contributed by atoms with Gasteiger partial charge in [-0.3, -0.25) is 9.56 Å². The number of benzene rings is 2. The van der Waals surface area contributed by atoms with Gasteiger partial charge in [-0.2, -0.15) is 0 Å². The lowest BCUT2D eigenvalue weighted by Crippen LogP contribution is -2.37. The number of nitrogens with one attached hydrogen (secondary N) is 2. The molecule has 2 aromatic carbocycles. The molecule has 172 valence electrons. The van der Waals surface area contributed by atoms with Crippen LogP contribution in [0, 0.1) is 6.92 Å². The van der Waals surface area contributed by atoms with Gasteiger partial charge in [0.15, 0.2) is 11.8 Å². The number of aryl methyl sites for hydroxylation is 1. The maximum atomic E-state index is 5.92. The quantitative estimate of drug-likeness (QED) is 0.174. The molecule has 0 aliphatic heterocycles. The Morgan fingerprint density at radius 1 is 1.06 bits per heavy atom. The minimum atomic E-state index is 0. The zero-order chi connectivity index (χ0) is 21.9. The van der Waals surface area contributed by atoms with E-state index in [0.717, 1.165) is 28.4 Å². The highest BCUT2D eigenvalue weighted by Crippen LogP contribution is 2.20. The van der Waals surface area contributed by atoms with E-state index in [0.29, 0.717) is 38.9 Å². The molecule has 32 heavy (non-hydrogen) atoms. The molecule has 1 aromatic heterocycles. The number of aliphatic imine (C=N–C) groups is 1. The molecule has 2 N–H and O–H groups in total. The summed E-state index contributed by atoms with van der Waals surface area (Å²) in [7, 11) is 1.74. The summed E-state index contributed by atoms with van der Waals surface area (Å²) < 4.78 is 13.2. The Morgan fingerprint density at radius 2 is 1.84 bits per heavy atom.